The normalized spacial score (nSPS) is 17.6. The number of likely N-dealkylation sites (tertiary alicyclic amines) is 1. The van der Waals surface area contributed by atoms with Gasteiger partial charge in [-0.3, -0.25) is 9.59 Å². The van der Waals surface area contributed by atoms with Crippen LogP contribution < -0.4 is 15.2 Å². The number of benzene rings is 3. The highest BCUT2D eigenvalue weighted by atomic mass is 16.5. The summed E-state index contributed by atoms with van der Waals surface area (Å²) in [7, 11) is 3.19. The Kier molecular flexibility index (Phi) is 6.36. The Hall–Kier alpha value is -3.80. The quantitative estimate of drug-likeness (QED) is 0.599. The Labute approximate surface area is 193 Å². The third-order valence-corrected chi connectivity index (χ3v) is 6.42. The Morgan fingerprint density at radius 3 is 2.21 bits per heavy atom. The van der Waals surface area contributed by atoms with Crippen molar-refractivity contribution in [2.45, 2.75) is 12.8 Å². The van der Waals surface area contributed by atoms with Crippen LogP contribution in [0.25, 0.3) is 11.1 Å². The molecule has 6 nitrogen and oxygen atoms in total. The van der Waals surface area contributed by atoms with E-state index in [0.717, 1.165) is 22.4 Å². The average Bonchev–Trinajstić information content (AvgIpc) is 3.29. The maximum Gasteiger partial charge on any atom is 0.257 e. The molecule has 1 fully saturated rings. The van der Waals surface area contributed by atoms with Gasteiger partial charge in [-0.15, -0.1) is 0 Å². The molecule has 2 amide bonds. The predicted molar refractivity (Wildman–Crippen MR) is 127 cm³/mol. The van der Waals surface area contributed by atoms with Crippen LogP contribution in [0.1, 0.15) is 22.3 Å². The highest BCUT2D eigenvalue weighted by molar-refractivity contribution is 5.97. The molecule has 0 saturated carbocycles. The van der Waals surface area contributed by atoms with Crippen LogP contribution in [0.2, 0.25) is 0 Å². The van der Waals surface area contributed by atoms with E-state index >= 15 is 0 Å². The molecule has 0 aliphatic carbocycles. The maximum absolute atomic E-state index is 13.1. The third kappa shape index (κ3) is 4.42. The standard InChI is InChI=1S/C27H28N2O4/c1-32-23-9-5-3-7-21(23)20-13-11-19(12-14-20)17-27(26(28)31)15-16-29(18-27)25(30)22-8-4-6-10-24(22)33-2/h3-14H,15-18H2,1-2H3,(H2,28,31)/t27-/m0/s1. The minimum atomic E-state index is -0.802. The monoisotopic (exact) mass is 444 g/mol. The summed E-state index contributed by atoms with van der Waals surface area (Å²) in [5.41, 5.74) is 8.60. The number of rotatable bonds is 7. The molecule has 0 unspecified atom stereocenters. The van der Waals surface area contributed by atoms with Gasteiger partial charge in [-0.05, 0) is 42.2 Å². The molecule has 1 heterocycles. The molecule has 170 valence electrons. The van der Waals surface area contributed by atoms with Crippen LogP contribution >= 0.6 is 0 Å². The first-order valence-electron chi connectivity index (χ1n) is 10.9. The molecule has 1 saturated heterocycles. The van der Waals surface area contributed by atoms with E-state index in [-0.39, 0.29) is 18.4 Å². The van der Waals surface area contributed by atoms with Crippen LogP contribution in [-0.2, 0) is 11.2 Å². The zero-order valence-electron chi connectivity index (χ0n) is 18.9. The van der Waals surface area contributed by atoms with Crippen molar-refractivity contribution in [2.24, 2.45) is 11.1 Å². The molecule has 0 radical (unpaired) electrons. The van der Waals surface area contributed by atoms with Gasteiger partial charge < -0.3 is 20.1 Å². The first kappa shape index (κ1) is 22.4. The molecule has 0 spiro atoms. The summed E-state index contributed by atoms with van der Waals surface area (Å²) in [5.74, 6) is 0.792. The molecule has 4 rings (SSSR count). The SMILES string of the molecule is COc1ccccc1C(=O)N1CC[C@@](Cc2ccc(-c3ccccc3OC)cc2)(C(N)=O)C1. The second-order valence-corrected chi connectivity index (χ2v) is 8.40. The minimum absolute atomic E-state index is 0.151. The lowest BCUT2D eigenvalue weighted by atomic mass is 9.80. The van der Waals surface area contributed by atoms with E-state index in [2.05, 4.69) is 0 Å². The van der Waals surface area contributed by atoms with E-state index in [1.54, 1.807) is 37.3 Å². The van der Waals surface area contributed by atoms with Crippen molar-refractivity contribution in [3.05, 3.63) is 83.9 Å². The molecule has 1 atom stereocenters. The fraction of sp³-hybridized carbons (Fsp3) is 0.259. The van der Waals surface area contributed by atoms with E-state index in [1.165, 1.54) is 0 Å². The van der Waals surface area contributed by atoms with Gasteiger partial charge in [0.25, 0.3) is 5.91 Å². The Balaban J connectivity index is 1.54. The van der Waals surface area contributed by atoms with Crippen molar-refractivity contribution < 1.29 is 19.1 Å². The lowest BCUT2D eigenvalue weighted by Crippen LogP contribution is -2.42. The number of amides is 2. The van der Waals surface area contributed by atoms with E-state index < -0.39 is 5.41 Å². The fourth-order valence-corrected chi connectivity index (χ4v) is 4.55. The number of para-hydroxylation sites is 2. The Bertz CT molecular complexity index is 1160. The molecule has 2 N–H and O–H groups in total. The number of primary amides is 1. The van der Waals surface area contributed by atoms with Crippen molar-refractivity contribution in [1.29, 1.82) is 0 Å². The Morgan fingerprint density at radius 2 is 1.55 bits per heavy atom. The maximum atomic E-state index is 13.1. The number of methoxy groups -OCH3 is 2. The summed E-state index contributed by atoms with van der Waals surface area (Å²) in [4.78, 5) is 27.4. The van der Waals surface area contributed by atoms with Crippen LogP contribution in [0.5, 0.6) is 11.5 Å². The number of carbonyl (C=O) groups is 2. The third-order valence-electron chi connectivity index (χ3n) is 6.42. The fourth-order valence-electron chi connectivity index (χ4n) is 4.55. The van der Waals surface area contributed by atoms with Crippen LogP contribution in [-0.4, -0.2) is 44.0 Å². The molecule has 6 heteroatoms. The van der Waals surface area contributed by atoms with Crippen LogP contribution in [0.4, 0.5) is 0 Å². The van der Waals surface area contributed by atoms with Gasteiger partial charge in [-0.25, -0.2) is 0 Å². The van der Waals surface area contributed by atoms with Gasteiger partial charge >= 0.3 is 0 Å². The number of nitrogens with two attached hydrogens (primary N) is 1. The van der Waals surface area contributed by atoms with E-state index in [9.17, 15) is 9.59 Å². The molecule has 3 aromatic carbocycles. The molecule has 1 aliphatic rings. The van der Waals surface area contributed by atoms with Gasteiger partial charge in [0.2, 0.25) is 5.91 Å². The molecule has 3 aromatic rings. The van der Waals surface area contributed by atoms with Gasteiger partial charge in [0, 0.05) is 18.7 Å². The lowest BCUT2D eigenvalue weighted by Gasteiger charge is -2.26. The molecule has 1 aliphatic heterocycles. The summed E-state index contributed by atoms with van der Waals surface area (Å²) < 4.78 is 10.8. The second kappa shape index (κ2) is 9.36. The number of carbonyl (C=O) groups excluding carboxylic acids is 2. The van der Waals surface area contributed by atoms with Gasteiger partial charge in [-0.1, -0.05) is 54.6 Å². The van der Waals surface area contributed by atoms with Gasteiger partial charge in [0.05, 0.1) is 25.2 Å². The summed E-state index contributed by atoms with van der Waals surface area (Å²) in [6, 6.07) is 23.0. The molecule has 0 aromatic heterocycles. The zero-order valence-corrected chi connectivity index (χ0v) is 18.9. The molecule has 0 bridgehead atoms. The highest BCUT2D eigenvalue weighted by Gasteiger charge is 2.45. The second-order valence-electron chi connectivity index (χ2n) is 8.40. The van der Waals surface area contributed by atoms with Crippen molar-refractivity contribution in [1.82, 2.24) is 4.90 Å². The van der Waals surface area contributed by atoms with Gasteiger partial charge in [0.15, 0.2) is 0 Å². The Morgan fingerprint density at radius 1 is 0.909 bits per heavy atom. The van der Waals surface area contributed by atoms with Crippen LogP contribution in [0.3, 0.4) is 0 Å². The topological polar surface area (TPSA) is 81.9 Å². The number of ether oxygens (including phenoxy) is 2. The highest BCUT2D eigenvalue weighted by Crippen LogP contribution is 2.37. The summed E-state index contributed by atoms with van der Waals surface area (Å²) in [6.45, 7) is 0.757. The number of nitrogens with zero attached hydrogens (tertiary/aromatic N) is 1. The summed E-state index contributed by atoms with van der Waals surface area (Å²) in [5, 5.41) is 0. The summed E-state index contributed by atoms with van der Waals surface area (Å²) in [6.07, 6.45) is 1.00. The number of hydrogen-bond donors (Lipinski definition) is 1. The molecular weight excluding hydrogens is 416 g/mol. The largest absolute Gasteiger partial charge is 0.496 e. The summed E-state index contributed by atoms with van der Waals surface area (Å²) >= 11 is 0. The van der Waals surface area contributed by atoms with Crippen LogP contribution in [0, 0.1) is 5.41 Å². The van der Waals surface area contributed by atoms with E-state index in [0.29, 0.717) is 30.7 Å². The minimum Gasteiger partial charge on any atom is -0.496 e. The molecular formula is C27H28N2O4. The van der Waals surface area contributed by atoms with Gasteiger partial charge in [-0.2, -0.15) is 0 Å². The van der Waals surface area contributed by atoms with Crippen molar-refractivity contribution in [3.63, 3.8) is 0 Å². The smallest absolute Gasteiger partial charge is 0.257 e. The number of hydrogen-bond acceptors (Lipinski definition) is 4. The first-order chi connectivity index (χ1) is 16.0. The molecule has 33 heavy (non-hydrogen) atoms. The van der Waals surface area contributed by atoms with Gasteiger partial charge in [0.1, 0.15) is 11.5 Å². The van der Waals surface area contributed by atoms with Crippen molar-refractivity contribution in [2.75, 3.05) is 27.3 Å². The van der Waals surface area contributed by atoms with E-state index in [4.69, 9.17) is 15.2 Å². The van der Waals surface area contributed by atoms with Crippen LogP contribution in [0.15, 0.2) is 72.8 Å². The lowest BCUT2D eigenvalue weighted by molar-refractivity contribution is -0.126. The van der Waals surface area contributed by atoms with Crippen molar-refractivity contribution in [3.8, 4) is 22.6 Å². The average molecular weight is 445 g/mol. The predicted octanol–water partition coefficient (Wildman–Crippen LogP) is 3.93. The van der Waals surface area contributed by atoms with Crippen molar-refractivity contribution >= 4 is 11.8 Å². The first-order valence-corrected chi connectivity index (χ1v) is 10.9. The zero-order chi connectivity index (χ0) is 23.4. The van der Waals surface area contributed by atoms with E-state index in [1.807, 2.05) is 54.6 Å².